The number of rotatable bonds is 4. The molecule has 4 aromatic rings. The van der Waals surface area contributed by atoms with Crippen molar-refractivity contribution in [2.24, 2.45) is 7.05 Å². The van der Waals surface area contributed by atoms with Gasteiger partial charge in [-0.15, -0.1) is 10.2 Å². The number of aromatic nitrogens is 6. The molecular formula is C18H17N7. The van der Waals surface area contributed by atoms with Crippen LogP contribution in [0.3, 0.4) is 0 Å². The number of hydrogen-bond acceptors (Lipinski definition) is 6. The Balaban J connectivity index is 1.80. The Hall–Kier alpha value is -3.35. The summed E-state index contributed by atoms with van der Waals surface area (Å²) >= 11 is 0. The second kappa shape index (κ2) is 6.27. The molecule has 0 saturated heterocycles. The van der Waals surface area contributed by atoms with Gasteiger partial charge in [0.1, 0.15) is 12.1 Å². The maximum Gasteiger partial charge on any atom is 0.162 e. The molecule has 0 unspecified atom stereocenters. The van der Waals surface area contributed by atoms with Crippen LogP contribution in [0.4, 0.5) is 5.82 Å². The molecule has 7 nitrogen and oxygen atoms in total. The maximum atomic E-state index is 4.74. The molecule has 0 aliphatic rings. The van der Waals surface area contributed by atoms with E-state index < -0.39 is 0 Å². The zero-order chi connectivity index (χ0) is 17.2. The summed E-state index contributed by atoms with van der Waals surface area (Å²) in [6.07, 6.45) is 5.17. The van der Waals surface area contributed by atoms with Crippen molar-refractivity contribution in [3.8, 4) is 11.4 Å². The summed E-state index contributed by atoms with van der Waals surface area (Å²) in [5.74, 6) is 2.27. The smallest absolute Gasteiger partial charge is 0.162 e. The lowest BCUT2D eigenvalue weighted by Crippen LogP contribution is -2.13. The Morgan fingerprint density at radius 1 is 1.04 bits per heavy atom. The molecule has 3 heterocycles. The summed E-state index contributed by atoms with van der Waals surface area (Å²) in [6.45, 7) is 2.03. The van der Waals surface area contributed by atoms with Crippen LogP contribution in [-0.4, -0.2) is 29.7 Å². The van der Waals surface area contributed by atoms with E-state index in [2.05, 4.69) is 25.5 Å². The van der Waals surface area contributed by atoms with Gasteiger partial charge in [-0.05, 0) is 31.2 Å². The average molecular weight is 331 g/mol. The number of aryl methyl sites for hydroxylation is 1. The number of nitrogens with zero attached hydrogens (tertiary/aromatic N) is 6. The molecule has 1 atom stereocenters. The number of anilines is 1. The summed E-state index contributed by atoms with van der Waals surface area (Å²) in [6, 6.07) is 11.7. The average Bonchev–Trinajstić information content (AvgIpc) is 3.08. The van der Waals surface area contributed by atoms with Gasteiger partial charge < -0.3 is 9.88 Å². The van der Waals surface area contributed by atoms with Crippen LogP contribution in [0.25, 0.3) is 22.3 Å². The van der Waals surface area contributed by atoms with E-state index in [0.717, 1.165) is 28.1 Å². The summed E-state index contributed by atoms with van der Waals surface area (Å²) in [4.78, 5) is 13.5. The fourth-order valence-corrected chi connectivity index (χ4v) is 2.77. The third kappa shape index (κ3) is 2.91. The highest BCUT2D eigenvalue weighted by molar-refractivity contribution is 5.90. The van der Waals surface area contributed by atoms with Gasteiger partial charge >= 0.3 is 0 Å². The van der Waals surface area contributed by atoms with Crippen molar-refractivity contribution in [2.45, 2.75) is 13.0 Å². The molecule has 4 rings (SSSR count). The first-order valence-electron chi connectivity index (χ1n) is 8.00. The van der Waals surface area contributed by atoms with Crippen LogP contribution >= 0.6 is 0 Å². The van der Waals surface area contributed by atoms with Gasteiger partial charge in [0, 0.05) is 30.4 Å². The van der Waals surface area contributed by atoms with Crippen LogP contribution in [0.2, 0.25) is 0 Å². The van der Waals surface area contributed by atoms with E-state index in [0.29, 0.717) is 5.82 Å². The van der Waals surface area contributed by atoms with E-state index in [1.165, 1.54) is 0 Å². The first-order chi connectivity index (χ1) is 12.2. The minimum Gasteiger partial charge on any atom is -0.360 e. The Labute approximate surface area is 144 Å². The van der Waals surface area contributed by atoms with Crippen LogP contribution < -0.4 is 5.32 Å². The third-order valence-electron chi connectivity index (χ3n) is 4.03. The Morgan fingerprint density at radius 2 is 1.84 bits per heavy atom. The molecule has 0 aliphatic heterocycles. The lowest BCUT2D eigenvalue weighted by atomic mass is 10.2. The molecule has 25 heavy (non-hydrogen) atoms. The zero-order valence-electron chi connectivity index (χ0n) is 14.0. The number of para-hydroxylation sites is 1. The monoisotopic (exact) mass is 331 g/mol. The fourth-order valence-electron chi connectivity index (χ4n) is 2.77. The van der Waals surface area contributed by atoms with Gasteiger partial charge in [-0.3, -0.25) is 4.98 Å². The first-order valence-corrected chi connectivity index (χ1v) is 8.00. The van der Waals surface area contributed by atoms with Crippen molar-refractivity contribution in [2.75, 3.05) is 5.32 Å². The number of benzene rings is 1. The van der Waals surface area contributed by atoms with E-state index >= 15 is 0 Å². The molecule has 0 saturated carbocycles. The van der Waals surface area contributed by atoms with Crippen molar-refractivity contribution in [1.29, 1.82) is 0 Å². The molecule has 0 aliphatic carbocycles. The predicted molar refractivity (Wildman–Crippen MR) is 95.8 cm³/mol. The summed E-state index contributed by atoms with van der Waals surface area (Å²) in [7, 11) is 1.92. The number of hydrogen-bond donors (Lipinski definition) is 1. The van der Waals surface area contributed by atoms with Gasteiger partial charge in [-0.1, -0.05) is 12.1 Å². The summed E-state index contributed by atoms with van der Waals surface area (Å²) in [5, 5.41) is 12.5. The molecule has 124 valence electrons. The molecule has 1 N–H and O–H groups in total. The highest BCUT2D eigenvalue weighted by Gasteiger charge is 2.15. The first kappa shape index (κ1) is 15.2. The molecule has 0 bridgehead atoms. The molecule has 0 spiro atoms. The third-order valence-corrected chi connectivity index (χ3v) is 4.03. The van der Waals surface area contributed by atoms with Crippen molar-refractivity contribution >= 4 is 16.7 Å². The molecule has 0 fully saturated rings. The van der Waals surface area contributed by atoms with Crippen molar-refractivity contribution in [1.82, 2.24) is 29.7 Å². The number of pyridine rings is 1. The minimum absolute atomic E-state index is 0.0453. The Bertz CT molecular complexity index is 1010. The van der Waals surface area contributed by atoms with Crippen LogP contribution in [0.1, 0.15) is 18.8 Å². The maximum absolute atomic E-state index is 4.74. The molecule has 3 aromatic heterocycles. The SMILES string of the molecule is C[C@@H](Nc1nc(-c2ccncc2)nc2ccccc12)c1nncn1C. The van der Waals surface area contributed by atoms with Gasteiger partial charge in [-0.25, -0.2) is 9.97 Å². The van der Waals surface area contributed by atoms with Gasteiger partial charge in [0.2, 0.25) is 0 Å². The lowest BCUT2D eigenvalue weighted by Gasteiger charge is -2.16. The fraction of sp³-hybridized carbons (Fsp3) is 0.167. The van der Waals surface area contributed by atoms with Crippen molar-refractivity contribution < 1.29 is 0 Å². The largest absolute Gasteiger partial charge is 0.360 e. The topological polar surface area (TPSA) is 81.4 Å². The van der Waals surface area contributed by atoms with E-state index in [1.807, 2.05) is 54.9 Å². The highest BCUT2D eigenvalue weighted by Crippen LogP contribution is 2.27. The standard InChI is InChI=1S/C18H17N7/c1-12(18-24-20-11-25(18)2)21-17-14-5-3-4-6-15(14)22-16(23-17)13-7-9-19-10-8-13/h3-12H,1-2H3,(H,21,22,23)/t12-/m1/s1. The van der Waals surface area contributed by atoms with E-state index in [4.69, 9.17) is 4.98 Å². The minimum atomic E-state index is -0.0453. The number of nitrogens with one attached hydrogen (secondary N) is 1. The molecule has 7 heteroatoms. The van der Waals surface area contributed by atoms with Gasteiger partial charge in [0.05, 0.1) is 11.6 Å². The van der Waals surface area contributed by atoms with E-state index in [9.17, 15) is 0 Å². The van der Waals surface area contributed by atoms with Gasteiger partial charge in [0.15, 0.2) is 11.6 Å². The summed E-state index contributed by atoms with van der Waals surface area (Å²) in [5.41, 5.74) is 1.81. The molecular weight excluding hydrogens is 314 g/mol. The van der Waals surface area contributed by atoms with Crippen molar-refractivity contribution in [3.63, 3.8) is 0 Å². The normalized spacial score (nSPS) is 12.2. The van der Waals surface area contributed by atoms with E-state index in [-0.39, 0.29) is 6.04 Å². The molecule has 1 aromatic carbocycles. The van der Waals surface area contributed by atoms with Gasteiger partial charge in [0.25, 0.3) is 0 Å². The lowest BCUT2D eigenvalue weighted by molar-refractivity contribution is 0.717. The van der Waals surface area contributed by atoms with Gasteiger partial charge in [-0.2, -0.15) is 0 Å². The molecule has 0 radical (unpaired) electrons. The predicted octanol–water partition coefficient (Wildman–Crippen LogP) is 2.99. The summed E-state index contributed by atoms with van der Waals surface area (Å²) < 4.78 is 1.89. The van der Waals surface area contributed by atoms with Crippen LogP contribution in [0, 0.1) is 0 Å². The zero-order valence-corrected chi connectivity index (χ0v) is 14.0. The van der Waals surface area contributed by atoms with E-state index in [1.54, 1.807) is 18.7 Å². The Morgan fingerprint density at radius 3 is 2.60 bits per heavy atom. The Kier molecular flexibility index (Phi) is 3.81. The molecule has 0 amide bonds. The highest BCUT2D eigenvalue weighted by atomic mass is 15.3. The van der Waals surface area contributed by atoms with Crippen LogP contribution in [-0.2, 0) is 7.05 Å². The number of fused-ring (bicyclic) bond motifs is 1. The second-order valence-electron chi connectivity index (χ2n) is 5.81. The van der Waals surface area contributed by atoms with Crippen LogP contribution in [0.5, 0.6) is 0 Å². The second-order valence-corrected chi connectivity index (χ2v) is 5.81. The van der Waals surface area contributed by atoms with Crippen LogP contribution in [0.15, 0.2) is 55.1 Å². The van der Waals surface area contributed by atoms with Crippen molar-refractivity contribution in [3.05, 3.63) is 60.9 Å². The quantitative estimate of drug-likeness (QED) is 0.619.